The molecule has 2 atom stereocenters. The third-order valence-electron chi connectivity index (χ3n) is 3.01. The van der Waals surface area contributed by atoms with E-state index >= 15 is 0 Å². The first-order chi connectivity index (χ1) is 7.58. The SMILES string of the molecule is Cc1nc(C(=O)O)sc1C1CCNC(C)C1. The molecule has 5 heteroatoms. The van der Waals surface area contributed by atoms with Crippen molar-refractivity contribution in [2.45, 2.75) is 38.6 Å². The topological polar surface area (TPSA) is 62.2 Å². The van der Waals surface area contributed by atoms with Crippen LogP contribution in [0.4, 0.5) is 0 Å². The van der Waals surface area contributed by atoms with Gasteiger partial charge in [-0.1, -0.05) is 0 Å². The van der Waals surface area contributed by atoms with Crippen LogP contribution in [-0.2, 0) is 0 Å². The van der Waals surface area contributed by atoms with Crippen LogP contribution in [0.25, 0.3) is 0 Å². The van der Waals surface area contributed by atoms with Crippen molar-refractivity contribution in [2.75, 3.05) is 6.54 Å². The summed E-state index contributed by atoms with van der Waals surface area (Å²) in [5, 5.41) is 12.5. The van der Waals surface area contributed by atoms with Gasteiger partial charge in [-0.3, -0.25) is 0 Å². The Kier molecular flexibility index (Phi) is 3.25. The number of piperidine rings is 1. The maximum atomic E-state index is 10.8. The zero-order valence-corrected chi connectivity index (χ0v) is 10.3. The van der Waals surface area contributed by atoms with E-state index in [1.54, 1.807) is 0 Å². The molecule has 1 fully saturated rings. The molecule has 0 aliphatic carbocycles. The number of hydrogen-bond acceptors (Lipinski definition) is 4. The van der Waals surface area contributed by atoms with Gasteiger partial charge in [0.05, 0.1) is 5.69 Å². The first-order valence-electron chi connectivity index (χ1n) is 5.52. The molecule has 88 valence electrons. The molecule has 1 saturated heterocycles. The molecule has 0 spiro atoms. The molecular weight excluding hydrogens is 224 g/mol. The van der Waals surface area contributed by atoms with E-state index in [1.165, 1.54) is 11.3 Å². The monoisotopic (exact) mass is 240 g/mol. The molecule has 0 radical (unpaired) electrons. The Morgan fingerprint density at radius 3 is 2.94 bits per heavy atom. The second-order valence-corrected chi connectivity index (χ2v) is 5.38. The summed E-state index contributed by atoms with van der Waals surface area (Å²) in [5.74, 6) is -0.441. The minimum Gasteiger partial charge on any atom is -0.476 e. The van der Waals surface area contributed by atoms with Gasteiger partial charge in [0.25, 0.3) is 0 Å². The maximum Gasteiger partial charge on any atom is 0.365 e. The molecule has 0 saturated carbocycles. The van der Waals surface area contributed by atoms with E-state index in [0.29, 0.717) is 12.0 Å². The number of carboxylic acid groups (broad SMARTS) is 1. The average Bonchev–Trinajstić information content (AvgIpc) is 2.60. The van der Waals surface area contributed by atoms with Crippen molar-refractivity contribution < 1.29 is 9.90 Å². The summed E-state index contributed by atoms with van der Waals surface area (Å²) in [4.78, 5) is 16.1. The Hall–Kier alpha value is -0.940. The van der Waals surface area contributed by atoms with Crippen LogP contribution >= 0.6 is 11.3 Å². The Balaban J connectivity index is 2.22. The van der Waals surface area contributed by atoms with Gasteiger partial charge in [-0.05, 0) is 39.2 Å². The molecule has 1 aromatic heterocycles. The summed E-state index contributed by atoms with van der Waals surface area (Å²) in [6.45, 7) is 5.08. The number of aromatic carboxylic acids is 1. The van der Waals surface area contributed by atoms with Crippen molar-refractivity contribution in [1.82, 2.24) is 10.3 Å². The number of aryl methyl sites for hydroxylation is 1. The lowest BCUT2D eigenvalue weighted by molar-refractivity contribution is 0.0696. The first-order valence-corrected chi connectivity index (χ1v) is 6.33. The van der Waals surface area contributed by atoms with E-state index in [1.807, 2.05) is 6.92 Å². The zero-order chi connectivity index (χ0) is 11.7. The van der Waals surface area contributed by atoms with Crippen LogP contribution in [0.5, 0.6) is 0 Å². The number of nitrogens with one attached hydrogen (secondary N) is 1. The molecule has 0 bridgehead atoms. The van der Waals surface area contributed by atoms with E-state index in [4.69, 9.17) is 5.11 Å². The van der Waals surface area contributed by atoms with Gasteiger partial charge >= 0.3 is 5.97 Å². The normalized spacial score (nSPS) is 25.6. The predicted molar refractivity (Wildman–Crippen MR) is 63.3 cm³/mol. The lowest BCUT2D eigenvalue weighted by atomic mass is 9.91. The standard InChI is InChI=1S/C11H16N2O2S/c1-6-5-8(3-4-12-6)9-7(2)13-10(16-9)11(14)15/h6,8,12H,3-5H2,1-2H3,(H,14,15). The van der Waals surface area contributed by atoms with Crippen molar-refractivity contribution in [3.63, 3.8) is 0 Å². The molecule has 2 heterocycles. The van der Waals surface area contributed by atoms with Crippen molar-refractivity contribution >= 4 is 17.3 Å². The molecule has 4 nitrogen and oxygen atoms in total. The summed E-state index contributed by atoms with van der Waals surface area (Å²) in [5.41, 5.74) is 0.890. The minimum atomic E-state index is -0.915. The van der Waals surface area contributed by atoms with Gasteiger partial charge < -0.3 is 10.4 Å². The first kappa shape index (κ1) is 11.5. The Labute approximate surface area is 98.7 Å². The third kappa shape index (κ3) is 2.25. The van der Waals surface area contributed by atoms with Gasteiger partial charge in [0.15, 0.2) is 0 Å². The Morgan fingerprint density at radius 2 is 2.38 bits per heavy atom. The largest absolute Gasteiger partial charge is 0.476 e. The number of hydrogen-bond donors (Lipinski definition) is 2. The lowest BCUT2D eigenvalue weighted by Crippen LogP contribution is -2.34. The second-order valence-electron chi connectivity index (χ2n) is 4.35. The highest BCUT2D eigenvalue weighted by atomic mass is 32.1. The third-order valence-corrected chi connectivity index (χ3v) is 4.32. The van der Waals surface area contributed by atoms with Gasteiger partial charge in [0.2, 0.25) is 5.01 Å². The summed E-state index contributed by atoms with van der Waals surface area (Å²) in [7, 11) is 0. The van der Waals surface area contributed by atoms with Crippen LogP contribution in [-0.4, -0.2) is 28.6 Å². The fourth-order valence-electron chi connectivity index (χ4n) is 2.25. The molecular formula is C11H16N2O2S. The number of aromatic nitrogens is 1. The van der Waals surface area contributed by atoms with Crippen LogP contribution in [0, 0.1) is 6.92 Å². The number of rotatable bonds is 2. The van der Waals surface area contributed by atoms with Crippen LogP contribution in [0.15, 0.2) is 0 Å². The molecule has 0 aromatic carbocycles. The number of thiazole rings is 1. The van der Waals surface area contributed by atoms with Crippen molar-refractivity contribution in [3.8, 4) is 0 Å². The summed E-state index contributed by atoms with van der Waals surface area (Å²) < 4.78 is 0. The number of carboxylic acids is 1. The van der Waals surface area contributed by atoms with Gasteiger partial charge in [-0.15, -0.1) is 11.3 Å². The van der Waals surface area contributed by atoms with Crippen LogP contribution in [0.3, 0.4) is 0 Å². The molecule has 2 N–H and O–H groups in total. The van der Waals surface area contributed by atoms with E-state index in [0.717, 1.165) is 30.0 Å². The zero-order valence-electron chi connectivity index (χ0n) is 9.49. The van der Waals surface area contributed by atoms with E-state index < -0.39 is 5.97 Å². The molecule has 1 aromatic rings. The van der Waals surface area contributed by atoms with Crippen LogP contribution in [0.2, 0.25) is 0 Å². The summed E-state index contributed by atoms with van der Waals surface area (Å²) in [6, 6.07) is 0.508. The van der Waals surface area contributed by atoms with Gasteiger partial charge in [-0.2, -0.15) is 0 Å². The highest BCUT2D eigenvalue weighted by Crippen LogP contribution is 2.34. The molecule has 1 aliphatic heterocycles. The molecule has 1 aliphatic rings. The molecule has 2 unspecified atom stereocenters. The average molecular weight is 240 g/mol. The van der Waals surface area contributed by atoms with Crippen molar-refractivity contribution in [1.29, 1.82) is 0 Å². The Morgan fingerprint density at radius 1 is 1.62 bits per heavy atom. The predicted octanol–water partition coefficient (Wildman–Crippen LogP) is 2.01. The fourth-order valence-corrected chi connectivity index (χ4v) is 3.30. The van der Waals surface area contributed by atoms with Gasteiger partial charge in [0.1, 0.15) is 0 Å². The summed E-state index contributed by atoms with van der Waals surface area (Å²) >= 11 is 1.34. The second kappa shape index (κ2) is 4.51. The molecule has 16 heavy (non-hydrogen) atoms. The van der Waals surface area contributed by atoms with Crippen molar-refractivity contribution in [2.24, 2.45) is 0 Å². The quantitative estimate of drug-likeness (QED) is 0.830. The Bertz CT molecular complexity index is 403. The fraction of sp³-hybridized carbons (Fsp3) is 0.636. The minimum absolute atomic E-state index is 0.221. The van der Waals surface area contributed by atoms with Gasteiger partial charge in [-0.25, -0.2) is 9.78 Å². The highest BCUT2D eigenvalue weighted by molar-refractivity contribution is 7.13. The van der Waals surface area contributed by atoms with Crippen LogP contribution < -0.4 is 5.32 Å². The van der Waals surface area contributed by atoms with Crippen molar-refractivity contribution in [3.05, 3.63) is 15.6 Å². The lowest BCUT2D eigenvalue weighted by Gasteiger charge is -2.27. The smallest absolute Gasteiger partial charge is 0.365 e. The van der Waals surface area contributed by atoms with E-state index in [-0.39, 0.29) is 5.01 Å². The maximum absolute atomic E-state index is 10.8. The highest BCUT2D eigenvalue weighted by Gasteiger charge is 2.25. The van der Waals surface area contributed by atoms with Gasteiger partial charge in [0, 0.05) is 10.9 Å². The van der Waals surface area contributed by atoms with E-state index in [2.05, 4.69) is 17.2 Å². The number of carbonyl (C=O) groups is 1. The van der Waals surface area contributed by atoms with Crippen LogP contribution in [0.1, 0.15) is 46.1 Å². The number of nitrogens with zero attached hydrogens (tertiary/aromatic N) is 1. The van der Waals surface area contributed by atoms with E-state index in [9.17, 15) is 4.79 Å². The molecule has 0 amide bonds. The summed E-state index contributed by atoms with van der Waals surface area (Å²) in [6.07, 6.45) is 2.15. The molecule has 2 rings (SSSR count).